The van der Waals surface area contributed by atoms with Crippen molar-refractivity contribution in [1.29, 1.82) is 0 Å². The van der Waals surface area contributed by atoms with Crippen LogP contribution in [0.1, 0.15) is 25.4 Å². The van der Waals surface area contributed by atoms with E-state index >= 15 is 0 Å². The van der Waals surface area contributed by atoms with Gasteiger partial charge >= 0.3 is 6.18 Å². The van der Waals surface area contributed by atoms with E-state index in [0.29, 0.717) is 18.2 Å². The van der Waals surface area contributed by atoms with Gasteiger partial charge in [-0.25, -0.2) is 4.98 Å². The summed E-state index contributed by atoms with van der Waals surface area (Å²) in [6, 6.07) is 0.550. The van der Waals surface area contributed by atoms with Gasteiger partial charge in [-0.3, -0.25) is 9.36 Å². The Morgan fingerprint density at radius 3 is 2.71 bits per heavy atom. The predicted molar refractivity (Wildman–Crippen MR) is 56.3 cm³/mol. The van der Waals surface area contributed by atoms with E-state index in [1.54, 1.807) is 6.92 Å². The minimum Gasteiger partial charge on any atom is -0.292 e. The van der Waals surface area contributed by atoms with Crippen molar-refractivity contribution in [2.75, 3.05) is 0 Å². The van der Waals surface area contributed by atoms with Crippen LogP contribution in [0, 0.1) is 5.92 Å². The Hall–Kier alpha value is -1.59. The molecule has 0 aliphatic carbocycles. The Morgan fingerprint density at radius 2 is 2.12 bits per heavy atom. The second kappa shape index (κ2) is 3.72. The Morgan fingerprint density at radius 1 is 1.47 bits per heavy atom. The molecule has 0 bridgehead atoms. The number of allylic oxidation sites excluding steroid dienone is 2. The fourth-order valence-corrected chi connectivity index (χ4v) is 1.97. The molecular formula is C11H11F3N2O. The number of aromatic nitrogens is 2. The summed E-state index contributed by atoms with van der Waals surface area (Å²) >= 11 is 0. The van der Waals surface area contributed by atoms with Gasteiger partial charge in [0.1, 0.15) is 5.82 Å². The van der Waals surface area contributed by atoms with Gasteiger partial charge in [-0.2, -0.15) is 13.2 Å². The topological polar surface area (TPSA) is 34.9 Å². The maximum atomic E-state index is 12.5. The third-order valence-corrected chi connectivity index (χ3v) is 2.66. The van der Waals surface area contributed by atoms with Crippen molar-refractivity contribution in [2.24, 2.45) is 5.92 Å². The summed E-state index contributed by atoms with van der Waals surface area (Å²) in [5.74, 6) is 0.238. The highest BCUT2D eigenvalue weighted by molar-refractivity contribution is 5.59. The standard InChI is InChI=1S/C11H11F3N2O/c1-6-3-7(2)10-15-8(11(12,13)14)4-9(17)16(10)5-6/h3-4,6H,5H2,1-2H3. The summed E-state index contributed by atoms with van der Waals surface area (Å²) in [6.45, 7) is 3.93. The summed E-state index contributed by atoms with van der Waals surface area (Å²) in [4.78, 5) is 15.1. The van der Waals surface area contributed by atoms with Crippen molar-refractivity contribution in [3.63, 3.8) is 0 Å². The van der Waals surface area contributed by atoms with Gasteiger partial charge in [-0.05, 0) is 18.4 Å². The van der Waals surface area contributed by atoms with Crippen LogP contribution < -0.4 is 5.56 Å². The second-order valence-electron chi connectivity index (χ2n) is 4.24. The molecule has 1 aliphatic rings. The molecule has 0 radical (unpaired) electrons. The van der Waals surface area contributed by atoms with E-state index in [-0.39, 0.29) is 11.7 Å². The molecule has 0 fully saturated rings. The lowest BCUT2D eigenvalue weighted by atomic mass is 10.0. The van der Waals surface area contributed by atoms with E-state index in [9.17, 15) is 18.0 Å². The zero-order chi connectivity index (χ0) is 12.8. The fourth-order valence-electron chi connectivity index (χ4n) is 1.97. The van der Waals surface area contributed by atoms with Crippen molar-refractivity contribution in [3.05, 3.63) is 34.0 Å². The van der Waals surface area contributed by atoms with Crippen molar-refractivity contribution in [1.82, 2.24) is 9.55 Å². The molecule has 0 saturated heterocycles. The first-order valence-corrected chi connectivity index (χ1v) is 5.17. The molecule has 92 valence electrons. The van der Waals surface area contributed by atoms with Crippen molar-refractivity contribution < 1.29 is 13.2 Å². The molecule has 2 rings (SSSR count). The van der Waals surface area contributed by atoms with Gasteiger partial charge in [-0.15, -0.1) is 0 Å². The lowest BCUT2D eigenvalue weighted by molar-refractivity contribution is -0.141. The van der Waals surface area contributed by atoms with Crippen molar-refractivity contribution >= 4 is 5.57 Å². The average molecular weight is 244 g/mol. The summed E-state index contributed by atoms with van der Waals surface area (Å²) in [5.41, 5.74) is -1.18. The second-order valence-corrected chi connectivity index (χ2v) is 4.24. The maximum absolute atomic E-state index is 12.5. The molecule has 2 heterocycles. The van der Waals surface area contributed by atoms with Gasteiger partial charge in [0.25, 0.3) is 5.56 Å². The first kappa shape index (κ1) is 11.9. The number of fused-ring (bicyclic) bond motifs is 1. The third-order valence-electron chi connectivity index (χ3n) is 2.66. The number of alkyl halides is 3. The van der Waals surface area contributed by atoms with Crippen LogP contribution in [-0.2, 0) is 12.7 Å². The van der Waals surface area contributed by atoms with E-state index < -0.39 is 17.4 Å². The van der Waals surface area contributed by atoms with Crippen LogP contribution in [0.5, 0.6) is 0 Å². The monoisotopic (exact) mass is 244 g/mol. The Labute approximate surface area is 95.6 Å². The predicted octanol–water partition coefficient (Wildman–Crippen LogP) is 2.32. The highest BCUT2D eigenvalue weighted by Gasteiger charge is 2.34. The van der Waals surface area contributed by atoms with Crippen LogP contribution in [0.3, 0.4) is 0 Å². The molecule has 1 atom stereocenters. The van der Waals surface area contributed by atoms with Crippen LogP contribution >= 0.6 is 0 Å². The smallest absolute Gasteiger partial charge is 0.292 e. The molecule has 17 heavy (non-hydrogen) atoms. The molecule has 0 saturated carbocycles. The fraction of sp³-hybridized carbons (Fsp3) is 0.455. The summed E-state index contributed by atoms with van der Waals surface area (Å²) in [6.07, 6.45) is -2.76. The van der Waals surface area contributed by atoms with E-state index in [1.807, 2.05) is 13.0 Å². The van der Waals surface area contributed by atoms with Crippen LogP contribution in [-0.4, -0.2) is 9.55 Å². The van der Waals surface area contributed by atoms with Gasteiger partial charge in [-0.1, -0.05) is 13.0 Å². The largest absolute Gasteiger partial charge is 0.433 e. The van der Waals surface area contributed by atoms with Gasteiger partial charge in [0.05, 0.1) is 0 Å². The van der Waals surface area contributed by atoms with Crippen LogP contribution in [0.2, 0.25) is 0 Å². The van der Waals surface area contributed by atoms with Crippen LogP contribution in [0.25, 0.3) is 5.57 Å². The SMILES string of the molecule is CC1=CC(C)Cn2c1nc(C(F)(F)F)cc2=O. The van der Waals surface area contributed by atoms with Crippen LogP contribution in [0.4, 0.5) is 13.2 Å². The number of halogens is 3. The molecule has 1 aliphatic heterocycles. The summed E-state index contributed by atoms with van der Waals surface area (Å²) < 4.78 is 38.8. The first-order valence-electron chi connectivity index (χ1n) is 5.17. The zero-order valence-electron chi connectivity index (χ0n) is 9.38. The highest BCUT2D eigenvalue weighted by atomic mass is 19.4. The molecule has 0 aromatic carbocycles. The van der Waals surface area contributed by atoms with Gasteiger partial charge in [0, 0.05) is 12.6 Å². The molecule has 6 heteroatoms. The Bertz CT molecular complexity index is 543. The first-order chi connectivity index (χ1) is 7.79. The Kier molecular flexibility index (Phi) is 2.60. The lowest BCUT2D eigenvalue weighted by Crippen LogP contribution is -2.31. The molecule has 1 aromatic rings. The van der Waals surface area contributed by atoms with Gasteiger partial charge in [0.15, 0.2) is 5.69 Å². The van der Waals surface area contributed by atoms with E-state index in [4.69, 9.17) is 0 Å². The minimum absolute atomic E-state index is 0.114. The quantitative estimate of drug-likeness (QED) is 0.702. The van der Waals surface area contributed by atoms with Gasteiger partial charge < -0.3 is 0 Å². The summed E-state index contributed by atoms with van der Waals surface area (Å²) in [5, 5.41) is 0. The van der Waals surface area contributed by atoms with Crippen LogP contribution in [0.15, 0.2) is 16.9 Å². The maximum Gasteiger partial charge on any atom is 0.433 e. The molecule has 0 N–H and O–H groups in total. The third kappa shape index (κ3) is 2.11. The molecule has 3 nitrogen and oxygen atoms in total. The van der Waals surface area contributed by atoms with E-state index in [1.165, 1.54) is 4.57 Å². The van der Waals surface area contributed by atoms with Gasteiger partial charge in [0.2, 0.25) is 0 Å². The normalized spacial score (nSPS) is 19.8. The van der Waals surface area contributed by atoms with E-state index in [0.717, 1.165) is 0 Å². The number of nitrogens with zero attached hydrogens (tertiary/aromatic N) is 2. The number of hydrogen-bond acceptors (Lipinski definition) is 2. The molecular weight excluding hydrogens is 233 g/mol. The summed E-state index contributed by atoms with van der Waals surface area (Å²) in [7, 11) is 0. The van der Waals surface area contributed by atoms with Crippen molar-refractivity contribution in [3.8, 4) is 0 Å². The molecule has 0 spiro atoms. The lowest BCUT2D eigenvalue weighted by Gasteiger charge is -2.21. The van der Waals surface area contributed by atoms with E-state index in [2.05, 4.69) is 4.98 Å². The van der Waals surface area contributed by atoms with Crippen molar-refractivity contribution in [2.45, 2.75) is 26.6 Å². The number of hydrogen-bond donors (Lipinski definition) is 0. The molecule has 0 amide bonds. The molecule has 1 aromatic heterocycles. The highest BCUT2D eigenvalue weighted by Crippen LogP contribution is 2.28. The Balaban J connectivity index is 2.65. The zero-order valence-corrected chi connectivity index (χ0v) is 9.38. The molecule has 1 unspecified atom stereocenters. The number of rotatable bonds is 0. The average Bonchev–Trinajstić information content (AvgIpc) is 2.17. The minimum atomic E-state index is -4.59.